The summed E-state index contributed by atoms with van der Waals surface area (Å²) in [6.45, 7) is 2.14. The minimum absolute atomic E-state index is 0. The van der Waals surface area contributed by atoms with Gasteiger partial charge in [0, 0.05) is 0 Å². The van der Waals surface area contributed by atoms with Gasteiger partial charge in [0.1, 0.15) is 12.4 Å². The lowest BCUT2D eigenvalue weighted by Crippen LogP contribution is -2.19. The molecule has 1 atom stereocenters. The number of carbonyl (C=O) groups excluding carboxylic acids is 1. The Morgan fingerprint density at radius 1 is 1.53 bits per heavy atom. The Morgan fingerprint density at radius 3 is 2.87 bits per heavy atom. The Labute approximate surface area is 93.0 Å². The molecule has 0 saturated carbocycles. The van der Waals surface area contributed by atoms with Crippen molar-refractivity contribution in [2.24, 2.45) is 0 Å². The fraction of sp³-hybridized carbons (Fsp3) is 0.300. The Morgan fingerprint density at radius 2 is 2.27 bits per heavy atom. The van der Waals surface area contributed by atoms with Crippen molar-refractivity contribution in [1.29, 1.82) is 0 Å². The number of amides is 1. The summed E-state index contributed by atoms with van der Waals surface area (Å²) in [7, 11) is 0. The summed E-state index contributed by atoms with van der Waals surface area (Å²) >= 11 is 0. The number of nitrogens with one attached hydrogen (secondary N) is 1. The second-order valence-corrected chi connectivity index (χ2v) is 3.30. The molecule has 1 aromatic rings. The quantitative estimate of drug-likeness (QED) is 0.806. The molecule has 5 heteroatoms. The zero-order chi connectivity index (χ0) is 10.1. The van der Waals surface area contributed by atoms with E-state index in [2.05, 4.69) is 5.32 Å². The molecule has 15 heavy (non-hydrogen) atoms. The van der Waals surface area contributed by atoms with Crippen LogP contribution in [0.3, 0.4) is 0 Å². The Kier molecular flexibility index (Phi) is 3.52. The van der Waals surface area contributed by atoms with Gasteiger partial charge in [-0.05, 0) is 30.2 Å². The van der Waals surface area contributed by atoms with Crippen LogP contribution in [0, 0.1) is 12.7 Å². The number of alkyl carbamates (subject to hydrolysis) is 1. The lowest BCUT2D eigenvalue weighted by Gasteiger charge is -2.10. The third kappa shape index (κ3) is 2.39. The highest BCUT2D eigenvalue weighted by molar-refractivity contribution is 5.85. The highest BCUT2D eigenvalue weighted by atomic mass is 35.5. The van der Waals surface area contributed by atoms with Gasteiger partial charge in [0.25, 0.3) is 0 Å². The summed E-state index contributed by atoms with van der Waals surface area (Å²) in [6.07, 6.45) is -0.446. The number of hydrogen-bond donors (Lipinski definition) is 1. The van der Waals surface area contributed by atoms with Crippen molar-refractivity contribution >= 4 is 18.5 Å². The van der Waals surface area contributed by atoms with Gasteiger partial charge < -0.3 is 10.1 Å². The topological polar surface area (TPSA) is 38.3 Å². The maximum absolute atomic E-state index is 12.9. The SMILES string of the molecule is Cc1ccc(F)cc1[C@H]1COC(=O)N1.Cl. The molecule has 1 aliphatic heterocycles. The van der Waals surface area contributed by atoms with Crippen LogP contribution in [0.4, 0.5) is 9.18 Å². The predicted molar refractivity (Wildman–Crippen MR) is 55.6 cm³/mol. The average molecular weight is 232 g/mol. The molecule has 1 fully saturated rings. The molecule has 1 aliphatic rings. The fourth-order valence-corrected chi connectivity index (χ4v) is 1.54. The van der Waals surface area contributed by atoms with Gasteiger partial charge in [-0.15, -0.1) is 12.4 Å². The molecule has 1 saturated heterocycles. The van der Waals surface area contributed by atoms with Crippen LogP contribution in [0.25, 0.3) is 0 Å². The zero-order valence-corrected chi connectivity index (χ0v) is 8.94. The molecule has 2 rings (SSSR count). The van der Waals surface area contributed by atoms with Crippen molar-refractivity contribution in [2.45, 2.75) is 13.0 Å². The Bertz CT molecular complexity index is 384. The monoisotopic (exact) mass is 231 g/mol. The number of rotatable bonds is 1. The normalized spacial score (nSPS) is 19.1. The van der Waals surface area contributed by atoms with Crippen molar-refractivity contribution in [3.8, 4) is 0 Å². The highest BCUT2D eigenvalue weighted by Gasteiger charge is 2.25. The molecular weight excluding hydrogens is 221 g/mol. The number of cyclic esters (lactones) is 1. The van der Waals surface area contributed by atoms with Gasteiger partial charge in [-0.1, -0.05) is 6.07 Å². The first-order chi connectivity index (χ1) is 6.66. The highest BCUT2D eigenvalue weighted by Crippen LogP contribution is 2.22. The lowest BCUT2D eigenvalue weighted by atomic mass is 10.0. The second-order valence-electron chi connectivity index (χ2n) is 3.30. The average Bonchev–Trinajstić information content (AvgIpc) is 2.56. The van der Waals surface area contributed by atoms with Crippen LogP contribution in [0.2, 0.25) is 0 Å². The minimum Gasteiger partial charge on any atom is -0.447 e. The Balaban J connectivity index is 0.00000112. The maximum Gasteiger partial charge on any atom is 0.407 e. The van der Waals surface area contributed by atoms with E-state index >= 15 is 0 Å². The Hall–Kier alpha value is -1.29. The summed E-state index contributed by atoms with van der Waals surface area (Å²) in [4.78, 5) is 10.8. The van der Waals surface area contributed by atoms with E-state index in [1.165, 1.54) is 12.1 Å². The number of carbonyl (C=O) groups is 1. The van der Waals surface area contributed by atoms with E-state index in [9.17, 15) is 9.18 Å². The van der Waals surface area contributed by atoms with Crippen LogP contribution in [-0.4, -0.2) is 12.7 Å². The zero-order valence-electron chi connectivity index (χ0n) is 8.12. The van der Waals surface area contributed by atoms with Gasteiger partial charge in [-0.3, -0.25) is 0 Å². The predicted octanol–water partition coefficient (Wildman–Crippen LogP) is 2.34. The molecular formula is C10H11ClFNO2. The number of ether oxygens (including phenoxy) is 1. The fourth-order valence-electron chi connectivity index (χ4n) is 1.54. The van der Waals surface area contributed by atoms with E-state index in [1.54, 1.807) is 6.07 Å². The standard InChI is InChI=1S/C10H10FNO2.ClH/c1-6-2-3-7(11)4-8(6)9-5-14-10(13)12-9;/h2-4,9H,5H2,1H3,(H,12,13);1H/t9-;/m1./s1. The molecule has 0 aliphatic carbocycles. The molecule has 0 radical (unpaired) electrons. The molecule has 0 spiro atoms. The molecule has 1 aromatic carbocycles. The van der Waals surface area contributed by atoms with Gasteiger partial charge in [0.2, 0.25) is 0 Å². The third-order valence-corrected chi connectivity index (χ3v) is 2.29. The molecule has 1 amide bonds. The van der Waals surface area contributed by atoms with Gasteiger partial charge >= 0.3 is 6.09 Å². The molecule has 0 unspecified atom stereocenters. The van der Waals surface area contributed by atoms with Crippen LogP contribution in [0.15, 0.2) is 18.2 Å². The first-order valence-corrected chi connectivity index (χ1v) is 4.36. The van der Waals surface area contributed by atoms with Crippen LogP contribution >= 0.6 is 12.4 Å². The molecule has 1 heterocycles. The molecule has 3 nitrogen and oxygen atoms in total. The molecule has 82 valence electrons. The van der Waals surface area contributed by atoms with E-state index in [1.807, 2.05) is 6.92 Å². The second kappa shape index (κ2) is 4.49. The molecule has 0 bridgehead atoms. The van der Waals surface area contributed by atoms with Crippen LogP contribution in [0.1, 0.15) is 17.2 Å². The first kappa shape index (κ1) is 11.8. The number of benzene rings is 1. The number of hydrogen-bond acceptors (Lipinski definition) is 2. The van der Waals surface area contributed by atoms with Crippen molar-refractivity contribution < 1.29 is 13.9 Å². The van der Waals surface area contributed by atoms with Gasteiger partial charge in [0.05, 0.1) is 6.04 Å². The van der Waals surface area contributed by atoms with Crippen molar-refractivity contribution in [3.63, 3.8) is 0 Å². The van der Waals surface area contributed by atoms with Gasteiger partial charge in [0.15, 0.2) is 0 Å². The summed E-state index contributed by atoms with van der Waals surface area (Å²) in [5, 5.41) is 2.61. The smallest absolute Gasteiger partial charge is 0.407 e. The summed E-state index contributed by atoms with van der Waals surface area (Å²) in [5.41, 5.74) is 1.72. The van der Waals surface area contributed by atoms with Crippen molar-refractivity contribution in [2.75, 3.05) is 6.61 Å². The molecule has 1 N–H and O–H groups in total. The van der Waals surface area contributed by atoms with Crippen LogP contribution in [0.5, 0.6) is 0 Å². The van der Waals surface area contributed by atoms with Crippen molar-refractivity contribution in [3.05, 3.63) is 35.1 Å². The first-order valence-electron chi connectivity index (χ1n) is 4.36. The minimum atomic E-state index is -0.446. The van der Waals surface area contributed by atoms with E-state index < -0.39 is 6.09 Å². The van der Waals surface area contributed by atoms with Crippen LogP contribution < -0.4 is 5.32 Å². The largest absolute Gasteiger partial charge is 0.447 e. The lowest BCUT2D eigenvalue weighted by molar-refractivity contribution is 0.177. The maximum atomic E-state index is 12.9. The van der Waals surface area contributed by atoms with Gasteiger partial charge in [-0.2, -0.15) is 0 Å². The summed E-state index contributed by atoms with van der Waals surface area (Å²) in [5.74, 6) is -0.299. The number of aryl methyl sites for hydroxylation is 1. The van der Waals surface area contributed by atoms with E-state index in [-0.39, 0.29) is 30.9 Å². The van der Waals surface area contributed by atoms with Crippen LogP contribution in [-0.2, 0) is 4.74 Å². The van der Waals surface area contributed by atoms with E-state index in [4.69, 9.17) is 4.74 Å². The summed E-state index contributed by atoms with van der Waals surface area (Å²) in [6, 6.07) is 4.29. The third-order valence-electron chi connectivity index (χ3n) is 2.29. The van der Waals surface area contributed by atoms with Gasteiger partial charge in [-0.25, -0.2) is 9.18 Å². The number of halogens is 2. The van der Waals surface area contributed by atoms with Crippen molar-refractivity contribution in [1.82, 2.24) is 5.32 Å². The van der Waals surface area contributed by atoms with E-state index in [0.29, 0.717) is 0 Å². The molecule has 0 aromatic heterocycles. The van der Waals surface area contributed by atoms with E-state index in [0.717, 1.165) is 11.1 Å². The summed E-state index contributed by atoms with van der Waals surface area (Å²) < 4.78 is 17.7.